The van der Waals surface area contributed by atoms with Crippen molar-refractivity contribution in [1.82, 2.24) is 0 Å². The van der Waals surface area contributed by atoms with Crippen molar-refractivity contribution < 1.29 is 72.5 Å². The van der Waals surface area contributed by atoms with E-state index in [1.165, 1.54) is 31.4 Å². The van der Waals surface area contributed by atoms with Gasteiger partial charge >= 0.3 is 17.9 Å². The molecule has 0 amide bonds. The summed E-state index contributed by atoms with van der Waals surface area (Å²) in [7, 11) is 0. The lowest BCUT2D eigenvalue weighted by Crippen LogP contribution is -2.69. The molecule has 0 saturated heterocycles. The van der Waals surface area contributed by atoms with Crippen LogP contribution in [-0.2, 0) is 47.7 Å². The number of aliphatic hydroxyl groups excluding tert-OH is 3. The van der Waals surface area contributed by atoms with Gasteiger partial charge in [-0.15, -0.1) is 0 Å². The third-order valence-electron chi connectivity index (χ3n) is 21.9. The van der Waals surface area contributed by atoms with Gasteiger partial charge in [0, 0.05) is 42.4 Å². The summed E-state index contributed by atoms with van der Waals surface area (Å²) in [4.78, 5) is 65.6. The summed E-state index contributed by atoms with van der Waals surface area (Å²) in [6, 6.07) is 0. The van der Waals surface area contributed by atoms with E-state index in [-0.39, 0.29) is 62.5 Å². The van der Waals surface area contributed by atoms with Crippen molar-refractivity contribution in [3.8, 4) is 0 Å². The quantitative estimate of drug-likeness (QED) is 0.0147. The summed E-state index contributed by atoms with van der Waals surface area (Å²) in [5.41, 5.74) is -5.87. The molecule has 0 aromatic carbocycles. The average molecular weight is 1380 g/mol. The monoisotopic (exact) mass is 1370 g/mol. The molecule has 4 rings (SSSR count). The van der Waals surface area contributed by atoms with E-state index < -0.39 is 76.4 Å². The lowest BCUT2D eigenvalue weighted by molar-refractivity contribution is -0.220. The van der Waals surface area contributed by atoms with Gasteiger partial charge in [0.05, 0.1) is 42.7 Å². The fraction of sp³-hybridized carbons (Fsp3) is 0.771. The second kappa shape index (κ2) is 47.5. The number of ether oxygens (including phenoxy) is 5. The van der Waals surface area contributed by atoms with Crippen molar-refractivity contribution in [2.75, 3.05) is 19.8 Å². The van der Waals surface area contributed by atoms with E-state index in [0.29, 0.717) is 68.5 Å². The van der Waals surface area contributed by atoms with Gasteiger partial charge in [-0.25, -0.2) is 4.39 Å². The summed E-state index contributed by atoms with van der Waals surface area (Å²) in [5, 5.41) is 44.4. The van der Waals surface area contributed by atoms with Crippen molar-refractivity contribution in [3.63, 3.8) is 0 Å². The number of halogens is 1. The molecular weight excluding hydrogens is 1240 g/mol. The summed E-state index contributed by atoms with van der Waals surface area (Å²) in [5.74, 6) is -2.89. The second-order valence-electron chi connectivity index (χ2n) is 29.9. The number of aliphatic hydroxyl groups is 4. The van der Waals surface area contributed by atoms with Crippen LogP contribution in [0.25, 0.3) is 0 Å². The molecule has 4 N–H and O–H groups in total. The zero-order valence-corrected chi connectivity index (χ0v) is 62.0. The molecule has 4 aliphatic carbocycles. The number of unbranched alkanes of at least 4 members (excludes halogenated alkanes) is 22. The van der Waals surface area contributed by atoms with Gasteiger partial charge in [-0.05, 0) is 153 Å². The van der Waals surface area contributed by atoms with E-state index in [9.17, 15) is 44.4 Å². The summed E-state index contributed by atoms with van der Waals surface area (Å²) in [6.45, 7) is 19.7. The third-order valence-corrected chi connectivity index (χ3v) is 21.9. The first-order valence-electron chi connectivity index (χ1n) is 39.1. The molecule has 0 radical (unpaired) electrons. The topological polar surface area (TPSA) is 212 Å². The van der Waals surface area contributed by atoms with E-state index in [1.807, 2.05) is 0 Å². The van der Waals surface area contributed by atoms with Crippen LogP contribution in [0, 0.1) is 28.6 Å². The van der Waals surface area contributed by atoms with Crippen LogP contribution < -0.4 is 0 Å². The van der Waals surface area contributed by atoms with Crippen molar-refractivity contribution in [2.45, 2.75) is 359 Å². The molecule has 3 fully saturated rings. The number of allylic oxidation sites excluding steroid dienone is 9. The number of hydrogen-bond acceptors (Lipinski definition) is 14. The number of carbonyl (C=O) groups is 5. The average Bonchev–Trinajstić information content (AvgIpc) is 1.39. The molecule has 4 aliphatic rings. The Balaban J connectivity index is 1.13. The van der Waals surface area contributed by atoms with Crippen molar-refractivity contribution >= 4 is 29.5 Å². The van der Waals surface area contributed by atoms with Gasteiger partial charge in [-0.3, -0.25) is 24.0 Å². The zero-order valence-electron chi connectivity index (χ0n) is 62.0. The maximum atomic E-state index is 17.6. The fourth-order valence-corrected chi connectivity index (χ4v) is 15.8. The van der Waals surface area contributed by atoms with Crippen LogP contribution in [0.4, 0.5) is 4.39 Å². The van der Waals surface area contributed by atoms with Crippen LogP contribution in [-0.4, -0.2) is 112 Å². The first kappa shape index (κ1) is 85.7. The van der Waals surface area contributed by atoms with Gasteiger partial charge in [-0.1, -0.05) is 211 Å². The Hall–Kier alpha value is -4.70. The zero-order chi connectivity index (χ0) is 71.7. The van der Waals surface area contributed by atoms with Crippen molar-refractivity contribution in [1.29, 1.82) is 0 Å². The highest BCUT2D eigenvalue weighted by molar-refractivity contribution is 6.01. The largest absolute Gasteiger partial charge is 0.495 e. The van der Waals surface area contributed by atoms with Crippen LogP contribution >= 0.6 is 0 Å². The molecule has 3 saturated carbocycles. The number of fused-ring (bicyclic) bond motifs is 5. The van der Waals surface area contributed by atoms with E-state index in [0.717, 1.165) is 186 Å². The molecule has 1 unspecified atom stereocenters. The van der Waals surface area contributed by atoms with Gasteiger partial charge in [-0.2, -0.15) is 0 Å². The number of carbonyl (C=O) groups excluding carboxylic acids is 5. The highest BCUT2D eigenvalue weighted by Crippen LogP contribution is 2.70. The lowest BCUT2D eigenvalue weighted by atomic mass is 9.44. The predicted molar refractivity (Wildman–Crippen MR) is 390 cm³/mol. The van der Waals surface area contributed by atoms with Crippen LogP contribution in [0.5, 0.6) is 0 Å². The predicted octanol–water partition coefficient (Wildman–Crippen LogP) is 19.0. The molecular formula is C83H135FO14. The number of hydrogen-bond donors (Lipinski definition) is 4. The number of rotatable bonds is 57. The van der Waals surface area contributed by atoms with Gasteiger partial charge in [0.25, 0.3) is 0 Å². The smallest absolute Gasteiger partial charge is 0.306 e. The number of alkyl halides is 1. The van der Waals surface area contributed by atoms with Crippen LogP contribution in [0.1, 0.15) is 318 Å². The van der Waals surface area contributed by atoms with Gasteiger partial charge in [0.2, 0.25) is 5.78 Å². The molecule has 0 aromatic heterocycles. The lowest BCUT2D eigenvalue weighted by Gasteiger charge is -2.62. The SMILES string of the molecule is C=C(CCCCCCC/C=C\C[C@H](O)CCCCCC)OCC(COC(=C)CCCCCCC/C=C\C[C@@H](CCCCCC)OC(=O)CCC(=O)OCC(=O)[C@@]1(O)[C@H](C)C[C@H]2[C@@H]3CCC4=CC(=O)C=C[C@]4(C)[C@@]3(F)[C@@H](O)C[C@@]21C)OC(=O)CCCCCC/C=C\C[C@H](O)CCCCC. The molecule has 0 bridgehead atoms. The maximum absolute atomic E-state index is 17.6. The first-order chi connectivity index (χ1) is 47.1. The number of Topliss-reactive ketones (excluding diaryl/α,β-unsaturated/α-hetero) is 1. The van der Waals surface area contributed by atoms with Gasteiger partial charge < -0.3 is 44.1 Å². The molecule has 0 spiro atoms. The summed E-state index contributed by atoms with van der Waals surface area (Å²) >= 11 is 0. The minimum absolute atomic E-state index is 0.158. The molecule has 0 aliphatic heterocycles. The maximum Gasteiger partial charge on any atom is 0.306 e. The Morgan fingerprint density at radius 1 is 0.582 bits per heavy atom. The van der Waals surface area contributed by atoms with E-state index in [1.54, 1.807) is 26.8 Å². The number of ketones is 2. The standard InChI is InChI=1S/C83H135FO14/c1-9-12-15-37-46-69(86)48-39-30-24-19-17-22-28-35-43-65(5)94-61-72(98-78(91)51-42-33-27-21-25-31-38-47-68(85)45-34-14-11-3)62-95-66(6)44-36-29-23-18-20-26-32-41-50-71(49-40-16-13-10-2)97-79(92)55-54-77(90)96-63-76(89)83(93)64(4)58-74-73-53-52-67-59-70(87)56-57-80(67,7)82(73,84)75(88)60-81(74,83)8/h30-32,38-39,41,56-57,59,64,68-69,71-75,85-86,88,93H,5-6,9-29,33-37,40,42-55,58,60-63H2,1-4,7-8H3/b38-31-,39-30-,41-32-/t64-,68-,69-,71-,72?,73+,74+,75+,80+,81+,82+,83+/m1/s1. The molecule has 0 aromatic rings. The van der Waals surface area contributed by atoms with Crippen LogP contribution in [0.15, 0.2) is 84.9 Å². The minimum Gasteiger partial charge on any atom is -0.495 e. The highest BCUT2D eigenvalue weighted by Gasteiger charge is 2.75. The highest BCUT2D eigenvalue weighted by atomic mass is 19.1. The Labute approximate surface area is 592 Å². The Morgan fingerprint density at radius 2 is 1.04 bits per heavy atom. The Morgan fingerprint density at radius 3 is 1.60 bits per heavy atom. The first-order valence-corrected chi connectivity index (χ1v) is 39.1. The van der Waals surface area contributed by atoms with Gasteiger partial charge in [0.15, 0.2) is 24.2 Å². The second-order valence-corrected chi connectivity index (χ2v) is 29.9. The minimum atomic E-state index is -2.11. The van der Waals surface area contributed by atoms with Gasteiger partial charge in [0.1, 0.15) is 24.9 Å². The fourth-order valence-electron chi connectivity index (χ4n) is 15.8. The van der Waals surface area contributed by atoms with Crippen molar-refractivity contribution in [3.05, 3.63) is 84.9 Å². The van der Waals surface area contributed by atoms with Crippen LogP contribution in [0.2, 0.25) is 0 Å². The van der Waals surface area contributed by atoms with Crippen LogP contribution in [0.3, 0.4) is 0 Å². The van der Waals surface area contributed by atoms with E-state index in [2.05, 4.69) is 70.4 Å². The van der Waals surface area contributed by atoms with E-state index >= 15 is 4.39 Å². The molecule has 14 nitrogen and oxygen atoms in total. The summed E-state index contributed by atoms with van der Waals surface area (Å²) in [6.07, 6.45) is 50.4. The molecule has 98 heavy (non-hydrogen) atoms. The molecule has 0 heterocycles. The van der Waals surface area contributed by atoms with E-state index in [4.69, 9.17) is 23.7 Å². The normalized spacial score (nSPS) is 24.8. The molecule has 15 heteroatoms. The number of esters is 3. The Bertz CT molecular complexity index is 2520. The summed E-state index contributed by atoms with van der Waals surface area (Å²) < 4.78 is 47.1. The third kappa shape index (κ3) is 29.0. The Kier molecular flexibility index (Phi) is 41.5. The molecule has 12 atom stereocenters. The van der Waals surface area contributed by atoms with Crippen molar-refractivity contribution in [2.24, 2.45) is 28.6 Å². The molecule has 558 valence electrons.